The van der Waals surface area contributed by atoms with Gasteiger partial charge in [0.1, 0.15) is 0 Å². The van der Waals surface area contributed by atoms with Crippen LogP contribution in [0.3, 0.4) is 0 Å². The van der Waals surface area contributed by atoms with Crippen molar-refractivity contribution in [3.05, 3.63) is 47.1 Å². The van der Waals surface area contributed by atoms with E-state index in [-0.39, 0.29) is 18.4 Å². The van der Waals surface area contributed by atoms with E-state index in [0.29, 0.717) is 28.9 Å². The van der Waals surface area contributed by atoms with E-state index in [0.717, 1.165) is 25.7 Å². The van der Waals surface area contributed by atoms with Gasteiger partial charge in [0.15, 0.2) is 11.5 Å². The van der Waals surface area contributed by atoms with Crippen LogP contribution < -0.4 is 20.2 Å². The predicted octanol–water partition coefficient (Wildman–Crippen LogP) is 4.25. The first-order chi connectivity index (χ1) is 15.3. The second kappa shape index (κ2) is 12.7. The van der Waals surface area contributed by atoms with E-state index >= 15 is 0 Å². The highest BCUT2D eigenvalue weighted by atomic mass is 16.5. The van der Waals surface area contributed by atoms with E-state index in [1.54, 1.807) is 18.2 Å². The Labute approximate surface area is 190 Å². The summed E-state index contributed by atoms with van der Waals surface area (Å²) in [6.07, 6.45) is 10.6. The molecule has 174 valence electrons. The zero-order valence-electron chi connectivity index (χ0n) is 19.7. The maximum Gasteiger partial charge on any atom is 0.259 e. The van der Waals surface area contributed by atoms with Crippen LogP contribution in [0.2, 0.25) is 0 Å². The van der Waals surface area contributed by atoms with Crippen molar-refractivity contribution in [2.45, 2.75) is 46.5 Å². The SMILES string of the molecule is COc1ccc(C(=O)NCC(=O)NN=CC2CC=C(CCC=C(C)C)CC2C)cc1OC. The number of ether oxygens (including phenoxy) is 2. The molecular weight excluding hydrogens is 406 g/mol. The van der Waals surface area contributed by atoms with Crippen molar-refractivity contribution in [3.63, 3.8) is 0 Å². The summed E-state index contributed by atoms with van der Waals surface area (Å²) in [4.78, 5) is 24.3. The quantitative estimate of drug-likeness (QED) is 0.323. The molecule has 2 N–H and O–H groups in total. The van der Waals surface area contributed by atoms with Crippen LogP contribution in [0.25, 0.3) is 0 Å². The fraction of sp³-hybridized carbons (Fsp3) is 0.480. The second-order valence-corrected chi connectivity index (χ2v) is 8.33. The first-order valence-corrected chi connectivity index (χ1v) is 11.0. The Morgan fingerprint density at radius 3 is 2.59 bits per heavy atom. The molecule has 0 heterocycles. The van der Waals surface area contributed by atoms with Gasteiger partial charge < -0.3 is 14.8 Å². The van der Waals surface area contributed by atoms with Gasteiger partial charge in [-0.15, -0.1) is 0 Å². The minimum absolute atomic E-state index is 0.168. The average Bonchev–Trinajstić information content (AvgIpc) is 2.78. The van der Waals surface area contributed by atoms with E-state index in [4.69, 9.17) is 9.47 Å². The molecule has 0 saturated heterocycles. The molecule has 0 fully saturated rings. The number of hydrogen-bond acceptors (Lipinski definition) is 5. The lowest BCUT2D eigenvalue weighted by Crippen LogP contribution is -2.35. The van der Waals surface area contributed by atoms with Crippen molar-refractivity contribution >= 4 is 18.0 Å². The maximum atomic E-state index is 12.3. The van der Waals surface area contributed by atoms with Crippen LogP contribution in [-0.2, 0) is 4.79 Å². The van der Waals surface area contributed by atoms with Gasteiger partial charge >= 0.3 is 0 Å². The van der Waals surface area contributed by atoms with Gasteiger partial charge in [-0.1, -0.05) is 30.2 Å². The summed E-state index contributed by atoms with van der Waals surface area (Å²) in [5.74, 6) is 0.997. The standard InChI is InChI=1S/C25H35N3O4/c1-17(2)7-6-8-19-9-10-21(18(3)13-19)15-27-28-24(29)16-26-25(30)20-11-12-22(31-4)23(14-20)32-5/h7,9,11-12,14-15,18,21H,6,8,10,13,16H2,1-5H3,(H,26,30)(H,28,29). The third-order valence-electron chi connectivity index (χ3n) is 5.52. The number of carbonyl (C=O) groups excluding carboxylic acids is 2. The number of methoxy groups -OCH3 is 2. The first kappa shape index (κ1) is 25.2. The normalized spacial score (nSPS) is 18.0. The van der Waals surface area contributed by atoms with Crippen molar-refractivity contribution in [3.8, 4) is 11.5 Å². The number of hydrazone groups is 1. The zero-order chi connectivity index (χ0) is 23.5. The lowest BCUT2D eigenvalue weighted by molar-refractivity contribution is -0.120. The zero-order valence-corrected chi connectivity index (χ0v) is 19.7. The molecular formula is C25H35N3O4. The van der Waals surface area contributed by atoms with Gasteiger partial charge in [0.2, 0.25) is 0 Å². The molecule has 0 saturated carbocycles. The van der Waals surface area contributed by atoms with Crippen LogP contribution in [0.4, 0.5) is 0 Å². The predicted molar refractivity (Wildman–Crippen MR) is 127 cm³/mol. The summed E-state index contributed by atoms with van der Waals surface area (Å²) < 4.78 is 10.4. The van der Waals surface area contributed by atoms with Gasteiger partial charge in [-0.2, -0.15) is 5.10 Å². The van der Waals surface area contributed by atoms with E-state index in [9.17, 15) is 9.59 Å². The molecule has 1 aliphatic carbocycles. The van der Waals surface area contributed by atoms with Crippen molar-refractivity contribution in [1.29, 1.82) is 0 Å². The smallest absolute Gasteiger partial charge is 0.259 e. The van der Waals surface area contributed by atoms with E-state index in [1.807, 2.05) is 6.21 Å². The van der Waals surface area contributed by atoms with Crippen LogP contribution in [0.5, 0.6) is 11.5 Å². The number of benzene rings is 1. The summed E-state index contributed by atoms with van der Waals surface area (Å²) in [5.41, 5.74) is 5.73. The number of nitrogens with one attached hydrogen (secondary N) is 2. The Morgan fingerprint density at radius 1 is 1.19 bits per heavy atom. The fourth-order valence-corrected chi connectivity index (χ4v) is 3.63. The largest absolute Gasteiger partial charge is 0.493 e. The van der Waals surface area contributed by atoms with E-state index in [2.05, 4.69) is 48.8 Å². The third kappa shape index (κ3) is 7.87. The maximum absolute atomic E-state index is 12.3. The van der Waals surface area contributed by atoms with E-state index < -0.39 is 0 Å². The van der Waals surface area contributed by atoms with Crippen molar-refractivity contribution in [2.75, 3.05) is 20.8 Å². The number of rotatable bonds is 10. The number of allylic oxidation sites excluding steroid dienone is 4. The summed E-state index contributed by atoms with van der Waals surface area (Å²) in [6, 6.07) is 4.82. The van der Waals surface area contributed by atoms with Crippen LogP contribution in [0.15, 0.2) is 46.6 Å². The highest BCUT2D eigenvalue weighted by molar-refractivity contribution is 5.97. The van der Waals surface area contributed by atoms with Crippen LogP contribution >= 0.6 is 0 Å². The topological polar surface area (TPSA) is 89.0 Å². The molecule has 2 rings (SSSR count). The van der Waals surface area contributed by atoms with Gasteiger partial charge in [-0.3, -0.25) is 9.59 Å². The Balaban J connectivity index is 1.77. The van der Waals surface area contributed by atoms with Crippen LogP contribution in [0, 0.1) is 11.8 Å². The van der Waals surface area contributed by atoms with Gasteiger partial charge in [-0.25, -0.2) is 5.43 Å². The van der Waals surface area contributed by atoms with Gasteiger partial charge in [0.25, 0.3) is 11.8 Å². The number of hydrogen-bond donors (Lipinski definition) is 2. The summed E-state index contributed by atoms with van der Waals surface area (Å²) in [7, 11) is 3.02. The molecule has 0 radical (unpaired) electrons. The molecule has 2 atom stereocenters. The van der Waals surface area contributed by atoms with Crippen molar-refractivity contribution < 1.29 is 19.1 Å². The number of nitrogens with zero attached hydrogens (tertiary/aromatic N) is 1. The lowest BCUT2D eigenvalue weighted by atomic mass is 9.80. The highest BCUT2D eigenvalue weighted by Gasteiger charge is 2.20. The van der Waals surface area contributed by atoms with Gasteiger partial charge in [-0.05, 0) is 63.6 Å². The molecule has 0 aliphatic heterocycles. The molecule has 1 aromatic rings. The third-order valence-corrected chi connectivity index (χ3v) is 5.52. The van der Waals surface area contributed by atoms with Crippen molar-refractivity contribution in [2.24, 2.45) is 16.9 Å². The summed E-state index contributed by atoms with van der Waals surface area (Å²) >= 11 is 0. The summed E-state index contributed by atoms with van der Waals surface area (Å²) in [6.45, 7) is 6.30. The molecule has 0 bridgehead atoms. The molecule has 7 nitrogen and oxygen atoms in total. The first-order valence-electron chi connectivity index (χ1n) is 11.0. The molecule has 0 spiro atoms. The molecule has 1 aliphatic rings. The van der Waals surface area contributed by atoms with Crippen LogP contribution in [-0.4, -0.2) is 38.8 Å². The monoisotopic (exact) mass is 441 g/mol. The molecule has 7 heteroatoms. The Hall–Kier alpha value is -3.09. The molecule has 2 amide bonds. The highest BCUT2D eigenvalue weighted by Crippen LogP contribution is 2.30. The summed E-state index contributed by atoms with van der Waals surface area (Å²) in [5, 5.41) is 6.69. The van der Waals surface area contributed by atoms with Gasteiger partial charge in [0.05, 0.1) is 20.8 Å². The average molecular weight is 442 g/mol. The molecule has 0 aromatic heterocycles. The molecule has 1 aromatic carbocycles. The second-order valence-electron chi connectivity index (χ2n) is 8.33. The number of carbonyl (C=O) groups is 2. The van der Waals surface area contributed by atoms with Crippen molar-refractivity contribution in [1.82, 2.24) is 10.7 Å². The van der Waals surface area contributed by atoms with E-state index in [1.165, 1.54) is 25.4 Å². The minimum atomic E-state index is -0.378. The Morgan fingerprint density at radius 2 is 1.94 bits per heavy atom. The number of amides is 2. The van der Waals surface area contributed by atoms with Crippen LogP contribution in [0.1, 0.15) is 56.8 Å². The Kier molecular flexibility index (Phi) is 9.98. The fourth-order valence-electron chi connectivity index (χ4n) is 3.63. The lowest BCUT2D eigenvalue weighted by Gasteiger charge is -2.25. The molecule has 32 heavy (non-hydrogen) atoms. The molecule has 2 unspecified atom stereocenters. The Bertz CT molecular complexity index is 885. The minimum Gasteiger partial charge on any atom is -0.493 e. The van der Waals surface area contributed by atoms with Gasteiger partial charge in [0, 0.05) is 17.7 Å².